The van der Waals surface area contributed by atoms with Crippen molar-refractivity contribution in [1.82, 2.24) is 15.3 Å². The summed E-state index contributed by atoms with van der Waals surface area (Å²) in [4.78, 5) is 38.7. The van der Waals surface area contributed by atoms with Gasteiger partial charge in [0.15, 0.2) is 0 Å². The summed E-state index contributed by atoms with van der Waals surface area (Å²) in [6.07, 6.45) is 4.39. The van der Waals surface area contributed by atoms with E-state index in [0.29, 0.717) is 11.4 Å². The molecule has 0 fully saturated rings. The Hall–Kier alpha value is -1.80. The molecule has 1 aromatic rings. The van der Waals surface area contributed by atoms with E-state index in [4.69, 9.17) is 5.11 Å². The fourth-order valence-electron chi connectivity index (χ4n) is 1.56. The Labute approximate surface area is 119 Å². The molecule has 0 unspecified atom stereocenters. The molecule has 1 aromatic heterocycles. The summed E-state index contributed by atoms with van der Waals surface area (Å²) >= 11 is 1.50. The third-order valence-electron chi connectivity index (χ3n) is 2.51. The second-order valence-corrected chi connectivity index (χ2v) is 5.03. The van der Waals surface area contributed by atoms with Gasteiger partial charge in [-0.2, -0.15) is 11.8 Å². The van der Waals surface area contributed by atoms with E-state index in [1.54, 1.807) is 6.92 Å². The summed E-state index contributed by atoms with van der Waals surface area (Å²) in [5.41, 5.74) is -0.552. The number of carbonyl (C=O) groups is 1. The van der Waals surface area contributed by atoms with Crippen molar-refractivity contribution in [1.29, 1.82) is 0 Å². The highest BCUT2D eigenvalue weighted by atomic mass is 32.2. The Morgan fingerprint density at radius 3 is 2.70 bits per heavy atom. The Morgan fingerprint density at radius 1 is 1.45 bits per heavy atom. The number of aliphatic hydroxyl groups is 1. The van der Waals surface area contributed by atoms with E-state index < -0.39 is 17.2 Å². The monoisotopic (exact) mass is 299 g/mol. The van der Waals surface area contributed by atoms with Gasteiger partial charge >= 0.3 is 5.69 Å². The molecule has 1 rings (SSSR count). The predicted molar refractivity (Wildman–Crippen MR) is 78.9 cm³/mol. The van der Waals surface area contributed by atoms with Gasteiger partial charge in [-0.1, -0.05) is 0 Å². The molecule has 110 valence electrons. The smallest absolute Gasteiger partial charge is 0.325 e. The van der Waals surface area contributed by atoms with Gasteiger partial charge in [0, 0.05) is 17.5 Å². The zero-order chi connectivity index (χ0) is 15.1. The number of hydrogen-bond donors (Lipinski definition) is 4. The van der Waals surface area contributed by atoms with Crippen molar-refractivity contribution in [2.45, 2.75) is 13.0 Å². The fraction of sp³-hybridized carbons (Fsp3) is 0.417. The van der Waals surface area contributed by atoms with E-state index in [1.165, 1.54) is 23.9 Å². The van der Waals surface area contributed by atoms with Crippen LogP contribution in [0.4, 0.5) is 0 Å². The van der Waals surface area contributed by atoms with Crippen LogP contribution in [0.25, 0.3) is 6.08 Å². The summed E-state index contributed by atoms with van der Waals surface area (Å²) in [5, 5.41) is 11.7. The molecule has 0 aliphatic carbocycles. The van der Waals surface area contributed by atoms with Crippen molar-refractivity contribution in [2.75, 3.05) is 18.6 Å². The number of aromatic nitrogens is 2. The van der Waals surface area contributed by atoms with Crippen molar-refractivity contribution in [3.63, 3.8) is 0 Å². The number of amides is 1. The van der Waals surface area contributed by atoms with Gasteiger partial charge in [-0.15, -0.1) is 0 Å². The zero-order valence-corrected chi connectivity index (χ0v) is 12.0. The van der Waals surface area contributed by atoms with Crippen LogP contribution in [0.5, 0.6) is 0 Å². The van der Waals surface area contributed by atoms with Crippen LogP contribution in [0.3, 0.4) is 0 Å². The maximum atomic E-state index is 11.6. The van der Waals surface area contributed by atoms with E-state index in [1.807, 2.05) is 6.26 Å². The lowest BCUT2D eigenvalue weighted by Crippen LogP contribution is -2.38. The molecule has 1 amide bonds. The summed E-state index contributed by atoms with van der Waals surface area (Å²) in [7, 11) is 0. The standard InChI is InChI=1S/C12H17N3O4S/c1-7-9(11(18)15-12(19)13-7)3-4-10(17)14-8(5-16)6-20-2/h3-4,8,16H,5-6H2,1-2H3,(H,14,17)(H2,13,15,18,19)/b4-3+/t8-/m0/s1. The maximum Gasteiger partial charge on any atom is 0.325 e. The molecule has 4 N–H and O–H groups in total. The summed E-state index contributed by atoms with van der Waals surface area (Å²) in [6, 6.07) is -0.336. The van der Waals surface area contributed by atoms with Crippen LogP contribution < -0.4 is 16.6 Å². The minimum absolute atomic E-state index is 0.154. The average molecular weight is 299 g/mol. The van der Waals surface area contributed by atoms with Crippen LogP contribution >= 0.6 is 11.8 Å². The number of thioether (sulfide) groups is 1. The van der Waals surface area contributed by atoms with Gasteiger partial charge in [0.1, 0.15) is 0 Å². The van der Waals surface area contributed by atoms with Gasteiger partial charge in [-0.25, -0.2) is 4.79 Å². The fourth-order valence-corrected chi connectivity index (χ4v) is 2.15. The molecule has 1 atom stereocenters. The Kier molecular flexibility index (Phi) is 6.26. The number of aryl methyl sites for hydroxylation is 1. The topological polar surface area (TPSA) is 115 Å². The molecule has 0 saturated heterocycles. The number of aromatic amines is 2. The van der Waals surface area contributed by atoms with E-state index >= 15 is 0 Å². The summed E-state index contributed by atoms with van der Waals surface area (Å²) in [5.74, 6) is 0.178. The Balaban J connectivity index is 2.80. The summed E-state index contributed by atoms with van der Waals surface area (Å²) in [6.45, 7) is 1.41. The van der Waals surface area contributed by atoms with Crippen LogP contribution in [0.1, 0.15) is 11.3 Å². The Morgan fingerprint density at radius 2 is 2.15 bits per heavy atom. The predicted octanol–water partition coefficient (Wildman–Crippen LogP) is -0.775. The minimum atomic E-state index is -0.589. The van der Waals surface area contributed by atoms with E-state index in [0.717, 1.165) is 0 Å². The highest BCUT2D eigenvalue weighted by Gasteiger charge is 2.09. The second kappa shape index (κ2) is 7.71. The lowest BCUT2D eigenvalue weighted by atomic mass is 10.2. The molecule has 1 heterocycles. The van der Waals surface area contributed by atoms with Crippen LogP contribution in [-0.4, -0.2) is 45.6 Å². The third-order valence-corrected chi connectivity index (χ3v) is 3.25. The number of carbonyl (C=O) groups excluding carboxylic acids is 1. The molecule has 0 spiro atoms. The highest BCUT2D eigenvalue weighted by Crippen LogP contribution is 1.99. The van der Waals surface area contributed by atoms with E-state index in [2.05, 4.69) is 15.3 Å². The Bertz CT molecular complexity index is 605. The number of aliphatic hydroxyl groups excluding tert-OH is 1. The largest absolute Gasteiger partial charge is 0.394 e. The quantitative estimate of drug-likeness (QED) is 0.515. The SMILES string of the molecule is CSC[C@H](CO)NC(=O)/C=C/c1c(C)[nH]c(=O)[nH]c1=O. The van der Waals surface area contributed by atoms with Crippen molar-refractivity contribution in [2.24, 2.45) is 0 Å². The molecule has 0 bridgehead atoms. The van der Waals surface area contributed by atoms with Gasteiger partial charge in [0.05, 0.1) is 18.2 Å². The molecule has 20 heavy (non-hydrogen) atoms. The van der Waals surface area contributed by atoms with Crippen molar-refractivity contribution >= 4 is 23.7 Å². The zero-order valence-electron chi connectivity index (χ0n) is 11.2. The number of hydrogen-bond acceptors (Lipinski definition) is 5. The van der Waals surface area contributed by atoms with Crippen LogP contribution in [0.15, 0.2) is 15.7 Å². The molecule has 7 nitrogen and oxygen atoms in total. The van der Waals surface area contributed by atoms with Crippen molar-refractivity contribution < 1.29 is 9.90 Å². The normalized spacial score (nSPS) is 12.6. The average Bonchev–Trinajstić information content (AvgIpc) is 2.36. The van der Waals surface area contributed by atoms with Gasteiger partial charge in [-0.05, 0) is 19.3 Å². The van der Waals surface area contributed by atoms with Crippen molar-refractivity contribution in [3.05, 3.63) is 38.2 Å². The van der Waals surface area contributed by atoms with Crippen molar-refractivity contribution in [3.8, 4) is 0 Å². The molecule has 0 aliphatic rings. The minimum Gasteiger partial charge on any atom is -0.394 e. The first-order valence-corrected chi connectivity index (χ1v) is 7.29. The first kappa shape index (κ1) is 16.3. The summed E-state index contributed by atoms with van der Waals surface area (Å²) < 4.78 is 0. The molecule has 0 radical (unpaired) electrons. The molecule has 0 aromatic carbocycles. The van der Waals surface area contributed by atoms with Crippen LogP contribution in [0, 0.1) is 6.92 Å². The van der Waals surface area contributed by atoms with Crippen LogP contribution in [-0.2, 0) is 4.79 Å². The molecular formula is C12H17N3O4S. The molecule has 8 heteroatoms. The second-order valence-electron chi connectivity index (χ2n) is 4.12. The first-order chi connectivity index (χ1) is 9.47. The highest BCUT2D eigenvalue weighted by molar-refractivity contribution is 7.98. The van der Waals surface area contributed by atoms with E-state index in [-0.39, 0.29) is 18.2 Å². The third kappa shape index (κ3) is 4.71. The maximum absolute atomic E-state index is 11.6. The first-order valence-electron chi connectivity index (χ1n) is 5.89. The van der Waals surface area contributed by atoms with Gasteiger partial charge < -0.3 is 15.4 Å². The lowest BCUT2D eigenvalue weighted by Gasteiger charge is -2.13. The molecule has 0 saturated carbocycles. The number of rotatable bonds is 6. The number of nitrogens with one attached hydrogen (secondary N) is 3. The molecular weight excluding hydrogens is 282 g/mol. The van der Waals surface area contributed by atoms with E-state index in [9.17, 15) is 14.4 Å². The van der Waals surface area contributed by atoms with Crippen LogP contribution in [0.2, 0.25) is 0 Å². The van der Waals surface area contributed by atoms with Gasteiger partial charge in [0.2, 0.25) is 5.91 Å². The lowest BCUT2D eigenvalue weighted by molar-refractivity contribution is -0.117. The van der Waals surface area contributed by atoms with Gasteiger partial charge in [0.25, 0.3) is 5.56 Å². The molecule has 0 aliphatic heterocycles. The van der Waals surface area contributed by atoms with Gasteiger partial charge in [-0.3, -0.25) is 14.6 Å². The number of H-pyrrole nitrogens is 2.